The number of benzene rings is 2. The molecule has 1 saturated carbocycles. The summed E-state index contributed by atoms with van der Waals surface area (Å²) in [5.41, 5.74) is 1.98. The highest BCUT2D eigenvalue weighted by atomic mass is 32.2. The predicted octanol–water partition coefficient (Wildman–Crippen LogP) is 4.02. The van der Waals surface area contributed by atoms with Gasteiger partial charge in [-0.25, -0.2) is 4.98 Å². The summed E-state index contributed by atoms with van der Waals surface area (Å²) in [6, 6.07) is 15.0. The smallest absolute Gasteiger partial charge is 0.252 e. The number of hydrogen-bond donors (Lipinski definition) is 2. The highest BCUT2D eigenvalue weighted by molar-refractivity contribution is 7.99. The van der Waals surface area contributed by atoms with Gasteiger partial charge in [0.25, 0.3) is 5.91 Å². The number of hydrogen-bond acceptors (Lipinski definition) is 6. The van der Waals surface area contributed by atoms with E-state index in [2.05, 4.69) is 15.6 Å². The number of thioether (sulfide) groups is 1. The van der Waals surface area contributed by atoms with Gasteiger partial charge in [-0.1, -0.05) is 30.0 Å². The number of nitrogens with one attached hydrogen (secondary N) is 2. The Morgan fingerprint density at radius 2 is 1.84 bits per heavy atom. The summed E-state index contributed by atoms with van der Waals surface area (Å²) in [5, 5.41) is 7.38. The van der Waals surface area contributed by atoms with Crippen molar-refractivity contribution in [3.05, 3.63) is 54.1 Å². The average Bonchev–Trinajstić information content (AvgIpc) is 3.64. The van der Waals surface area contributed by atoms with Gasteiger partial charge in [0, 0.05) is 29.6 Å². The SMILES string of the molecule is O=C(CSc1cc(C(=O)NC2CC2)c2ccccc2n1)Nc1ccc2c(c1)OCCCO2. The second-order valence-corrected chi connectivity index (χ2v) is 8.82. The molecule has 0 unspecified atom stereocenters. The number of amides is 2. The van der Waals surface area contributed by atoms with E-state index in [0.29, 0.717) is 41.0 Å². The van der Waals surface area contributed by atoms with Crippen LogP contribution in [0.3, 0.4) is 0 Å². The summed E-state index contributed by atoms with van der Waals surface area (Å²) >= 11 is 1.30. The number of carbonyl (C=O) groups excluding carboxylic acids is 2. The van der Waals surface area contributed by atoms with Crippen molar-refractivity contribution in [1.82, 2.24) is 10.3 Å². The number of nitrogens with zero attached hydrogens (tertiary/aromatic N) is 1. The first-order chi connectivity index (χ1) is 15.7. The van der Waals surface area contributed by atoms with Crippen molar-refractivity contribution >= 4 is 40.2 Å². The van der Waals surface area contributed by atoms with Crippen LogP contribution in [0.5, 0.6) is 11.5 Å². The molecule has 0 saturated heterocycles. The van der Waals surface area contributed by atoms with Crippen LogP contribution in [-0.2, 0) is 4.79 Å². The fourth-order valence-electron chi connectivity index (χ4n) is 3.48. The van der Waals surface area contributed by atoms with Crippen LogP contribution in [0, 0.1) is 0 Å². The van der Waals surface area contributed by atoms with E-state index >= 15 is 0 Å². The van der Waals surface area contributed by atoms with Crippen molar-refractivity contribution in [2.45, 2.75) is 30.3 Å². The summed E-state index contributed by atoms with van der Waals surface area (Å²) in [7, 11) is 0. The first-order valence-electron chi connectivity index (χ1n) is 10.7. The number of pyridine rings is 1. The van der Waals surface area contributed by atoms with E-state index in [1.807, 2.05) is 24.3 Å². The van der Waals surface area contributed by atoms with Crippen LogP contribution in [0.1, 0.15) is 29.6 Å². The van der Waals surface area contributed by atoms with Crippen LogP contribution in [0.4, 0.5) is 5.69 Å². The fraction of sp³-hybridized carbons (Fsp3) is 0.292. The maximum Gasteiger partial charge on any atom is 0.252 e. The fourth-order valence-corrected chi connectivity index (χ4v) is 4.20. The molecule has 0 spiro atoms. The zero-order chi connectivity index (χ0) is 21.9. The number of para-hydroxylation sites is 1. The molecule has 2 aliphatic rings. The van der Waals surface area contributed by atoms with Crippen LogP contribution in [0.2, 0.25) is 0 Å². The molecule has 2 heterocycles. The summed E-state index contributed by atoms with van der Waals surface area (Å²) in [5.74, 6) is 1.24. The zero-order valence-corrected chi connectivity index (χ0v) is 18.2. The van der Waals surface area contributed by atoms with Gasteiger partial charge in [0.15, 0.2) is 11.5 Å². The lowest BCUT2D eigenvalue weighted by molar-refractivity contribution is -0.113. The highest BCUT2D eigenvalue weighted by Crippen LogP contribution is 2.32. The lowest BCUT2D eigenvalue weighted by Crippen LogP contribution is -2.25. The van der Waals surface area contributed by atoms with Crippen molar-refractivity contribution in [3.8, 4) is 11.5 Å². The van der Waals surface area contributed by atoms with Gasteiger partial charge in [0.2, 0.25) is 5.91 Å². The molecule has 1 fully saturated rings. The Bertz CT molecular complexity index is 1180. The van der Waals surface area contributed by atoms with Gasteiger partial charge in [-0.2, -0.15) is 0 Å². The number of aromatic nitrogens is 1. The molecule has 164 valence electrons. The number of fused-ring (bicyclic) bond motifs is 2. The van der Waals surface area contributed by atoms with Crippen molar-refractivity contribution < 1.29 is 19.1 Å². The van der Waals surface area contributed by atoms with Gasteiger partial charge < -0.3 is 20.1 Å². The number of ether oxygens (including phenoxy) is 2. The van der Waals surface area contributed by atoms with E-state index in [9.17, 15) is 9.59 Å². The Kier molecular flexibility index (Phi) is 5.85. The second kappa shape index (κ2) is 9.08. The molecule has 3 aromatic rings. The van der Waals surface area contributed by atoms with Gasteiger partial charge in [0.1, 0.15) is 0 Å². The van der Waals surface area contributed by atoms with Crippen molar-refractivity contribution in [2.75, 3.05) is 24.3 Å². The largest absolute Gasteiger partial charge is 0.490 e. The lowest BCUT2D eigenvalue weighted by Gasteiger charge is -2.11. The molecule has 0 atom stereocenters. The quantitative estimate of drug-likeness (QED) is 0.553. The van der Waals surface area contributed by atoms with Gasteiger partial charge >= 0.3 is 0 Å². The van der Waals surface area contributed by atoms with Crippen LogP contribution in [-0.4, -0.2) is 41.8 Å². The number of rotatable bonds is 6. The minimum atomic E-state index is -0.163. The average molecular weight is 450 g/mol. The number of anilines is 1. The van der Waals surface area contributed by atoms with E-state index in [1.165, 1.54) is 11.8 Å². The molecule has 0 radical (unpaired) electrons. The summed E-state index contributed by atoms with van der Waals surface area (Å²) in [4.78, 5) is 29.9. The molecule has 1 aliphatic heterocycles. The lowest BCUT2D eigenvalue weighted by atomic mass is 10.1. The Balaban J connectivity index is 1.28. The predicted molar refractivity (Wildman–Crippen MR) is 124 cm³/mol. The Hall–Kier alpha value is -3.26. The normalized spacial score (nSPS) is 15.1. The Labute approximate surface area is 189 Å². The van der Waals surface area contributed by atoms with E-state index < -0.39 is 0 Å². The third-order valence-electron chi connectivity index (χ3n) is 5.23. The summed E-state index contributed by atoms with van der Waals surface area (Å²) in [6.07, 6.45) is 2.87. The molecule has 2 N–H and O–H groups in total. The Morgan fingerprint density at radius 1 is 1.03 bits per heavy atom. The third kappa shape index (κ3) is 4.80. The number of carbonyl (C=O) groups is 2. The minimum absolute atomic E-state index is 0.0930. The van der Waals surface area contributed by atoms with Gasteiger partial charge in [-0.3, -0.25) is 9.59 Å². The van der Waals surface area contributed by atoms with Gasteiger partial charge in [0.05, 0.1) is 35.1 Å². The second-order valence-electron chi connectivity index (χ2n) is 7.82. The maximum atomic E-state index is 12.7. The zero-order valence-electron chi connectivity index (χ0n) is 17.4. The molecule has 1 aliphatic carbocycles. The molecule has 7 nitrogen and oxygen atoms in total. The molecular formula is C24H23N3O4S. The monoisotopic (exact) mass is 449 g/mol. The van der Waals surface area contributed by atoms with E-state index in [1.54, 1.807) is 24.3 Å². The summed E-state index contributed by atoms with van der Waals surface area (Å²) < 4.78 is 11.3. The molecule has 1 aromatic heterocycles. The maximum absolute atomic E-state index is 12.7. The van der Waals surface area contributed by atoms with Crippen molar-refractivity contribution in [2.24, 2.45) is 0 Å². The first kappa shape index (κ1) is 20.6. The molecular weight excluding hydrogens is 426 g/mol. The molecule has 32 heavy (non-hydrogen) atoms. The minimum Gasteiger partial charge on any atom is -0.490 e. The topological polar surface area (TPSA) is 89.6 Å². The van der Waals surface area contributed by atoms with Gasteiger partial charge in [-0.05, 0) is 37.1 Å². The van der Waals surface area contributed by atoms with Crippen molar-refractivity contribution in [1.29, 1.82) is 0 Å². The molecule has 2 aromatic carbocycles. The molecule has 2 amide bonds. The van der Waals surface area contributed by atoms with Crippen LogP contribution in [0.15, 0.2) is 53.6 Å². The molecule has 8 heteroatoms. The first-order valence-corrected chi connectivity index (χ1v) is 11.7. The van der Waals surface area contributed by atoms with Crippen LogP contribution >= 0.6 is 11.8 Å². The standard InChI is InChI=1S/C24H23N3O4S/c28-22(25-16-8-9-20-21(12-16)31-11-3-10-30-20)14-32-23-13-18(24(29)26-15-6-7-15)17-4-1-2-5-19(17)27-23/h1-2,4-5,8-9,12-13,15H,3,6-7,10-11,14H2,(H,25,28)(H,26,29). The Morgan fingerprint density at radius 3 is 2.69 bits per heavy atom. The highest BCUT2D eigenvalue weighted by Gasteiger charge is 2.25. The molecule has 0 bridgehead atoms. The van der Waals surface area contributed by atoms with E-state index in [-0.39, 0.29) is 23.6 Å². The molecule has 5 rings (SSSR count). The van der Waals surface area contributed by atoms with E-state index in [4.69, 9.17) is 9.47 Å². The van der Waals surface area contributed by atoms with E-state index in [0.717, 1.165) is 30.2 Å². The van der Waals surface area contributed by atoms with Gasteiger partial charge in [-0.15, -0.1) is 0 Å². The van der Waals surface area contributed by atoms with Crippen LogP contribution < -0.4 is 20.1 Å². The third-order valence-corrected chi connectivity index (χ3v) is 6.14. The van der Waals surface area contributed by atoms with Crippen LogP contribution in [0.25, 0.3) is 10.9 Å². The summed E-state index contributed by atoms with van der Waals surface area (Å²) in [6.45, 7) is 1.21. The van der Waals surface area contributed by atoms with Crippen molar-refractivity contribution in [3.63, 3.8) is 0 Å².